The predicted molar refractivity (Wildman–Crippen MR) is 81.5 cm³/mol. The second kappa shape index (κ2) is 9.25. The number of H-pyrrole nitrogens is 1. The van der Waals surface area contributed by atoms with Crippen LogP contribution >= 0.6 is 0 Å². The summed E-state index contributed by atoms with van der Waals surface area (Å²) in [6.45, 7) is 0.750. The van der Waals surface area contributed by atoms with Gasteiger partial charge in [0.25, 0.3) is 0 Å². The Labute approximate surface area is 137 Å². The number of aromatic nitrogens is 2. The maximum absolute atomic E-state index is 11.8. The largest absolute Gasteiger partial charge is 0.480 e. The van der Waals surface area contributed by atoms with Crippen molar-refractivity contribution in [3.05, 3.63) is 18.2 Å². The molecule has 0 aliphatic rings. The zero-order chi connectivity index (χ0) is 18.1. The van der Waals surface area contributed by atoms with Gasteiger partial charge in [0.05, 0.1) is 19.4 Å². The molecule has 0 aromatic carbocycles. The number of carbonyl (C=O) groups excluding carboxylic acids is 3. The highest BCUT2D eigenvalue weighted by atomic mass is 16.4. The fourth-order valence-corrected chi connectivity index (χ4v) is 1.75. The Morgan fingerprint density at radius 2 is 2.00 bits per heavy atom. The number of hydrogen-bond donors (Lipinski definition) is 6. The molecule has 11 heteroatoms. The number of imidazole rings is 1. The van der Waals surface area contributed by atoms with E-state index in [0.29, 0.717) is 5.69 Å². The van der Waals surface area contributed by atoms with Crippen LogP contribution in [0.1, 0.15) is 12.6 Å². The number of carboxylic acid groups (broad SMARTS) is 1. The molecule has 2 unspecified atom stereocenters. The van der Waals surface area contributed by atoms with Gasteiger partial charge in [-0.25, -0.2) is 9.78 Å². The van der Waals surface area contributed by atoms with Crippen LogP contribution in [0.5, 0.6) is 0 Å². The van der Waals surface area contributed by atoms with Crippen LogP contribution in [0.4, 0.5) is 0 Å². The number of hydrogen-bond acceptors (Lipinski definition) is 6. The quantitative estimate of drug-likeness (QED) is 0.279. The van der Waals surface area contributed by atoms with E-state index in [4.69, 9.17) is 10.8 Å². The van der Waals surface area contributed by atoms with Crippen LogP contribution < -0.4 is 21.7 Å². The average molecular weight is 340 g/mol. The van der Waals surface area contributed by atoms with Crippen molar-refractivity contribution < 1.29 is 24.3 Å². The van der Waals surface area contributed by atoms with Gasteiger partial charge in [-0.3, -0.25) is 14.4 Å². The Balaban J connectivity index is 2.44. The topological polar surface area (TPSA) is 179 Å². The summed E-state index contributed by atoms with van der Waals surface area (Å²) in [5, 5.41) is 16.0. The first kappa shape index (κ1) is 19.1. The van der Waals surface area contributed by atoms with Crippen LogP contribution in [0.25, 0.3) is 0 Å². The number of carboxylic acids is 1. The Morgan fingerprint density at radius 3 is 2.54 bits per heavy atom. The van der Waals surface area contributed by atoms with Crippen molar-refractivity contribution in [1.82, 2.24) is 25.9 Å². The van der Waals surface area contributed by atoms with Gasteiger partial charge < -0.3 is 31.8 Å². The smallest absolute Gasteiger partial charge is 0.326 e. The van der Waals surface area contributed by atoms with Gasteiger partial charge in [-0.2, -0.15) is 0 Å². The molecule has 132 valence electrons. The van der Waals surface area contributed by atoms with Crippen molar-refractivity contribution in [2.24, 2.45) is 5.73 Å². The van der Waals surface area contributed by atoms with Gasteiger partial charge in [-0.1, -0.05) is 0 Å². The monoisotopic (exact) mass is 340 g/mol. The molecule has 1 heterocycles. The van der Waals surface area contributed by atoms with Crippen LogP contribution in [0.2, 0.25) is 0 Å². The summed E-state index contributed by atoms with van der Waals surface area (Å²) in [6, 6.07) is -2.03. The molecular weight excluding hydrogens is 320 g/mol. The lowest BCUT2D eigenvalue weighted by molar-refractivity contribution is -0.141. The van der Waals surface area contributed by atoms with Gasteiger partial charge in [-0.15, -0.1) is 0 Å². The van der Waals surface area contributed by atoms with E-state index >= 15 is 0 Å². The summed E-state index contributed by atoms with van der Waals surface area (Å²) in [7, 11) is 0. The highest BCUT2D eigenvalue weighted by molar-refractivity contribution is 5.91. The number of nitrogens with zero attached hydrogens (tertiary/aromatic N) is 1. The van der Waals surface area contributed by atoms with Crippen LogP contribution in [0.15, 0.2) is 12.5 Å². The number of rotatable bonds is 9. The highest BCUT2D eigenvalue weighted by Gasteiger charge is 2.22. The SMILES string of the molecule is CC(NC(=O)CN)C(=O)NCC(=O)NC(Cc1cnc[nH]1)C(=O)O. The van der Waals surface area contributed by atoms with E-state index in [2.05, 4.69) is 25.9 Å². The fourth-order valence-electron chi connectivity index (χ4n) is 1.75. The maximum atomic E-state index is 11.8. The minimum absolute atomic E-state index is 0.0258. The first-order valence-electron chi connectivity index (χ1n) is 7.10. The lowest BCUT2D eigenvalue weighted by atomic mass is 10.1. The van der Waals surface area contributed by atoms with Gasteiger partial charge in [0, 0.05) is 18.3 Å². The summed E-state index contributed by atoms with van der Waals surface area (Å²) < 4.78 is 0. The molecule has 2 atom stereocenters. The lowest BCUT2D eigenvalue weighted by Gasteiger charge is -2.16. The molecule has 11 nitrogen and oxygen atoms in total. The summed E-state index contributed by atoms with van der Waals surface area (Å²) in [5.41, 5.74) is 5.66. The van der Waals surface area contributed by atoms with Crippen LogP contribution in [-0.2, 0) is 25.6 Å². The van der Waals surface area contributed by atoms with Crippen LogP contribution in [0.3, 0.4) is 0 Å². The van der Waals surface area contributed by atoms with Gasteiger partial charge in [-0.05, 0) is 6.92 Å². The summed E-state index contributed by atoms with van der Waals surface area (Å²) in [6.07, 6.45) is 2.87. The summed E-state index contributed by atoms with van der Waals surface area (Å²) in [5.74, 6) is -2.99. The molecule has 0 saturated carbocycles. The lowest BCUT2D eigenvalue weighted by Crippen LogP contribution is -2.50. The van der Waals surface area contributed by atoms with Crippen molar-refractivity contribution in [2.45, 2.75) is 25.4 Å². The molecule has 0 spiro atoms. The second-order valence-corrected chi connectivity index (χ2v) is 4.95. The van der Waals surface area contributed by atoms with E-state index in [1.807, 2.05) is 0 Å². The standard InChI is InChI=1S/C13H20N6O5/c1-7(18-10(20)3-14)12(22)16-5-11(21)19-9(13(23)24)2-8-4-15-6-17-8/h4,6-7,9H,2-3,5,14H2,1H3,(H,15,17)(H,16,22)(H,18,20)(H,19,21)(H,23,24). The van der Waals surface area contributed by atoms with E-state index in [0.717, 1.165) is 0 Å². The van der Waals surface area contributed by atoms with Crippen LogP contribution in [0, 0.1) is 0 Å². The molecule has 0 radical (unpaired) electrons. The van der Waals surface area contributed by atoms with Crippen LogP contribution in [-0.4, -0.2) is 63.9 Å². The Morgan fingerprint density at radius 1 is 1.29 bits per heavy atom. The van der Waals surface area contributed by atoms with Crippen molar-refractivity contribution in [3.8, 4) is 0 Å². The molecule has 1 aromatic rings. The molecule has 0 saturated heterocycles. The van der Waals surface area contributed by atoms with Crippen molar-refractivity contribution in [1.29, 1.82) is 0 Å². The average Bonchev–Trinajstić information content (AvgIpc) is 3.04. The molecule has 0 bridgehead atoms. The number of nitrogens with two attached hydrogens (primary N) is 1. The Bertz CT molecular complexity index is 588. The van der Waals surface area contributed by atoms with E-state index < -0.39 is 42.3 Å². The maximum Gasteiger partial charge on any atom is 0.326 e. The van der Waals surface area contributed by atoms with Gasteiger partial charge >= 0.3 is 5.97 Å². The molecule has 3 amide bonds. The second-order valence-electron chi connectivity index (χ2n) is 4.95. The molecule has 24 heavy (non-hydrogen) atoms. The van der Waals surface area contributed by atoms with Gasteiger partial charge in [0.15, 0.2) is 0 Å². The molecule has 7 N–H and O–H groups in total. The molecule has 1 aromatic heterocycles. The number of nitrogens with one attached hydrogen (secondary N) is 4. The summed E-state index contributed by atoms with van der Waals surface area (Å²) >= 11 is 0. The van der Waals surface area contributed by atoms with E-state index in [1.54, 1.807) is 0 Å². The number of aliphatic carboxylic acids is 1. The third-order valence-electron chi connectivity index (χ3n) is 2.99. The van der Waals surface area contributed by atoms with E-state index in [1.165, 1.54) is 19.4 Å². The zero-order valence-corrected chi connectivity index (χ0v) is 13.0. The third kappa shape index (κ3) is 6.44. The Hall–Kier alpha value is -2.95. The first-order valence-corrected chi connectivity index (χ1v) is 7.10. The number of carbonyl (C=O) groups is 4. The third-order valence-corrected chi connectivity index (χ3v) is 2.99. The predicted octanol–water partition coefficient (Wildman–Crippen LogP) is -2.90. The highest BCUT2D eigenvalue weighted by Crippen LogP contribution is 1.98. The normalized spacial score (nSPS) is 12.8. The number of aromatic amines is 1. The number of amides is 3. The minimum atomic E-state index is -1.21. The van der Waals surface area contributed by atoms with Crippen molar-refractivity contribution in [2.75, 3.05) is 13.1 Å². The molecular formula is C13H20N6O5. The van der Waals surface area contributed by atoms with Crippen molar-refractivity contribution >= 4 is 23.7 Å². The molecule has 0 aliphatic carbocycles. The van der Waals surface area contributed by atoms with E-state index in [-0.39, 0.29) is 13.0 Å². The fraction of sp³-hybridized carbons (Fsp3) is 0.462. The minimum Gasteiger partial charge on any atom is -0.480 e. The zero-order valence-electron chi connectivity index (χ0n) is 13.0. The van der Waals surface area contributed by atoms with E-state index in [9.17, 15) is 19.2 Å². The molecule has 0 fully saturated rings. The summed E-state index contributed by atoms with van der Waals surface area (Å²) in [4.78, 5) is 52.2. The Kier molecular flexibility index (Phi) is 7.36. The molecule has 1 rings (SSSR count). The van der Waals surface area contributed by atoms with Gasteiger partial charge in [0.1, 0.15) is 12.1 Å². The van der Waals surface area contributed by atoms with Crippen molar-refractivity contribution in [3.63, 3.8) is 0 Å². The van der Waals surface area contributed by atoms with Gasteiger partial charge in [0.2, 0.25) is 17.7 Å². The first-order chi connectivity index (χ1) is 11.3. The molecule has 0 aliphatic heterocycles.